The summed E-state index contributed by atoms with van der Waals surface area (Å²) in [5, 5.41) is 0.951. The fourth-order valence-electron chi connectivity index (χ4n) is 1.73. The maximum atomic E-state index is 6.26. The van der Waals surface area contributed by atoms with E-state index in [2.05, 4.69) is 25.3 Å². The second-order valence-electron chi connectivity index (χ2n) is 4.05. The van der Waals surface area contributed by atoms with E-state index in [4.69, 9.17) is 58.0 Å². The quantitative estimate of drug-likeness (QED) is 0.274. The van der Waals surface area contributed by atoms with E-state index in [1.54, 1.807) is 0 Å². The first kappa shape index (κ1) is 17.0. The lowest BCUT2D eigenvalue weighted by molar-refractivity contribution is 1.20. The first-order chi connectivity index (χ1) is 9.27. The summed E-state index contributed by atoms with van der Waals surface area (Å²) in [6, 6.07) is 3.64. The van der Waals surface area contributed by atoms with Crippen LogP contribution in [0.4, 0.5) is 0 Å². The Kier molecular flexibility index (Phi) is 5.40. The van der Waals surface area contributed by atoms with Gasteiger partial charge in [-0.3, -0.25) is 0 Å². The first-order valence-electron chi connectivity index (χ1n) is 5.30. The highest BCUT2D eigenvalue weighted by atomic mass is 35.5. The number of rotatable bonds is 1. The molecule has 0 bridgehead atoms. The van der Waals surface area contributed by atoms with E-state index in [0.29, 0.717) is 10.5 Å². The SMILES string of the molecule is Cc1c(S)ccc(-c2c(Cl)c(Cl)c(Cl)c(Cl)c2Cl)c1S. The molecular formula is C13H7Cl5S2. The summed E-state index contributed by atoms with van der Waals surface area (Å²) in [6.07, 6.45) is 0. The molecule has 0 amide bonds. The molecule has 0 spiro atoms. The summed E-state index contributed by atoms with van der Waals surface area (Å²) in [5.41, 5.74) is 2.14. The standard InChI is InChI=1S/C13H7Cl5S2/c1-4-6(19)3-2-5(13(4)20)7-8(14)10(16)12(18)11(17)9(7)15/h2-3,19-20H,1H3. The Morgan fingerprint density at radius 1 is 0.750 bits per heavy atom. The van der Waals surface area contributed by atoms with Gasteiger partial charge >= 0.3 is 0 Å². The van der Waals surface area contributed by atoms with Crippen molar-refractivity contribution in [2.45, 2.75) is 16.7 Å². The van der Waals surface area contributed by atoms with Crippen molar-refractivity contribution >= 4 is 83.3 Å². The Morgan fingerprint density at radius 2 is 1.20 bits per heavy atom. The Balaban J connectivity index is 2.87. The Labute approximate surface area is 153 Å². The highest BCUT2D eigenvalue weighted by Gasteiger charge is 2.22. The van der Waals surface area contributed by atoms with Gasteiger partial charge in [-0.05, 0) is 24.1 Å². The minimum Gasteiger partial charge on any atom is -0.143 e. The van der Waals surface area contributed by atoms with Crippen molar-refractivity contribution in [3.63, 3.8) is 0 Å². The normalized spacial score (nSPS) is 11.0. The van der Waals surface area contributed by atoms with Gasteiger partial charge in [-0.2, -0.15) is 0 Å². The minimum absolute atomic E-state index is 0.135. The summed E-state index contributed by atoms with van der Waals surface area (Å²) in [5.74, 6) is 0. The lowest BCUT2D eigenvalue weighted by atomic mass is 10.0. The van der Waals surface area contributed by atoms with E-state index < -0.39 is 0 Å². The third-order valence-electron chi connectivity index (χ3n) is 2.88. The molecule has 0 radical (unpaired) electrons. The van der Waals surface area contributed by atoms with Crippen molar-refractivity contribution in [1.29, 1.82) is 0 Å². The maximum Gasteiger partial charge on any atom is 0.0809 e. The van der Waals surface area contributed by atoms with E-state index >= 15 is 0 Å². The molecule has 0 unspecified atom stereocenters. The molecule has 0 nitrogen and oxygen atoms in total. The molecule has 0 saturated carbocycles. The van der Waals surface area contributed by atoms with Gasteiger partial charge < -0.3 is 0 Å². The predicted octanol–water partition coefficient (Wildman–Crippen LogP) is 7.51. The minimum atomic E-state index is 0.135. The molecular weight excluding hydrogens is 398 g/mol. The molecule has 0 atom stereocenters. The maximum absolute atomic E-state index is 6.26. The van der Waals surface area contributed by atoms with Crippen LogP contribution in [0.5, 0.6) is 0 Å². The topological polar surface area (TPSA) is 0 Å². The van der Waals surface area contributed by atoms with Gasteiger partial charge in [0.1, 0.15) is 0 Å². The van der Waals surface area contributed by atoms with Gasteiger partial charge in [0.15, 0.2) is 0 Å². The molecule has 106 valence electrons. The third-order valence-corrected chi connectivity index (χ3v) is 6.22. The Hall–Kier alpha value is 0.590. The van der Waals surface area contributed by atoms with Crippen LogP contribution in [0.25, 0.3) is 11.1 Å². The van der Waals surface area contributed by atoms with Crippen LogP contribution in [0, 0.1) is 6.92 Å². The van der Waals surface area contributed by atoms with E-state index in [-0.39, 0.29) is 25.1 Å². The highest BCUT2D eigenvalue weighted by molar-refractivity contribution is 7.81. The van der Waals surface area contributed by atoms with Crippen molar-refractivity contribution in [2.24, 2.45) is 0 Å². The van der Waals surface area contributed by atoms with Crippen LogP contribution in [-0.4, -0.2) is 0 Å². The van der Waals surface area contributed by atoms with Gasteiger partial charge in [0.2, 0.25) is 0 Å². The molecule has 0 heterocycles. The molecule has 0 aromatic heterocycles. The molecule has 0 saturated heterocycles. The van der Waals surface area contributed by atoms with Gasteiger partial charge in [-0.1, -0.05) is 64.1 Å². The van der Waals surface area contributed by atoms with Crippen LogP contribution in [0.2, 0.25) is 25.1 Å². The van der Waals surface area contributed by atoms with Crippen LogP contribution < -0.4 is 0 Å². The Morgan fingerprint density at radius 3 is 1.70 bits per heavy atom. The average Bonchev–Trinajstić information content (AvgIpc) is 2.43. The van der Waals surface area contributed by atoms with Crippen molar-refractivity contribution in [3.05, 3.63) is 42.8 Å². The number of benzene rings is 2. The number of hydrogen-bond donors (Lipinski definition) is 2. The van der Waals surface area contributed by atoms with E-state index in [0.717, 1.165) is 16.0 Å². The van der Waals surface area contributed by atoms with E-state index in [9.17, 15) is 0 Å². The van der Waals surface area contributed by atoms with Crippen LogP contribution in [-0.2, 0) is 0 Å². The van der Waals surface area contributed by atoms with Gasteiger partial charge in [0.25, 0.3) is 0 Å². The van der Waals surface area contributed by atoms with Crippen molar-refractivity contribution < 1.29 is 0 Å². The zero-order chi connectivity index (χ0) is 15.2. The smallest absolute Gasteiger partial charge is 0.0809 e. The second-order valence-corrected chi connectivity index (χ2v) is 6.87. The molecule has 7 heteroatoms. The van der Waals surface area contributed by atoms with Crippen LogP contribution in [0.3, 0.4) is 0 Å². The number of hydrogen-bond acceptors (Lipinski definition) is 2. The van der Waals surface area contributed by atoms with Crippen molar-refractivity contribution in [2.75, 3.05) is 0 Å². The average molecular weight is 405 g/mol. The zero-order valence-electron chi connectivity index (χ0n) is 9.94. The van der Waals surface area contributed by atoms with Gasteiger partial charge in [-0.15, -0.1) is 25.3 Å². The highest BCUT2D eigenvalue weighted by Crippen LogP contribution is 2.49. The molecule has 0 N–H and O–H groups in total. The summed E-state index contributed by atoms with van der Waals surface area (Å²) in [6.45, 7) is 1.90. The predicted molar refractivity (Wildman–Crippen MR) is 96.2 cm³/mol. The van der Waals surface area contributed by atoms with E-state index in [1.807, 2.05) is 19.1 Å². The molecule has 0 aliphatic rings. The lowest BCUT2D eigenvalue weighted by Crippen LogP contribution is -1.91. The fourth-order valence-corrected chi connectivity index (χ4v) is 3.66. The summed E-state index contributed by atoms with van der Waals surface area (Å²) in [7, 11) is 0. The molecule has 20 heavy (non-hydrogen) atoms. The van der Waals surface area contributed by atoms with Gasteiger partial charge in [0.05, 0.1) is 25.1 Å². The van der Waals surface area contributed by atoms with Crippen molar-refractivity contribution in [3.8, 4) is 11.1 Å². The fraction of sp³-hybridized carbons (Fsp3) is 0.0769. The Bertz CT molecular complexity index is 684. The lowest BCUT2D eigenvalue weighted by Gasteiger charge is -2.16. The largest absolute Gasteiger partial charge is 0.143 e. The summed E-state index contributed by atoms with van der Waals surface area (Å²) in [4.78, 5) is 1.52. The zero-order valence-corrected chi connectivity index (χ0v) is 15.5. The van der Waals surface area contributed by atoms with E-state index in [1.165, 1.54) is 0 Å². The van der Waals surface area contributed by atoms with Gasteiger partial charge in [-0.25, -0.2) is 0 Å². The van der Waals surface area contributed by atoms with Gasteiger partial charge in [0, 0.05) is 15.4 Å². The van der Waals surface area contributed by atoms with Crippen molar-refractivity contribution in [1.82, 2.24) is 0 Å². The molecule has 0 aliphatic heterocycles. The van der Waals surface area contributed by atoms with Crippen LogP contribution in [0.1, 0.15) is 5.56 Å². The molecule has 2 aromatic rings. The summed E-state index contributed by atoms with van der Waals surface area (Å²) >= 11 is 39.5. The molecule has 0 aliphatic carbocycles. The number of halogens is 5. The van der Waals surface area contributed by atoms with Crippen LogP contribution in [0.15, 0.2) is 21.9 Å². The molecule has 2 aromatic carbocycles. The molecule has 0 fully saturated rings. The first-order valence-corrected chi connectivity index (χ1v) is 8.09. The van der Waals surface area contributed by atoms with Crippen LogP contribution >= 0.6 is 83.3 Å². The second kappa shape index (κ2) is 6.37. The number of thiol groups is 2. The summed E-state index contributed by atoms with van der Waals surface area (Å²) < 4.78 is 0. The molecule has 2 rings (SSSR count). The third kappa shape index (κ3) is 2.77. The monoisotopic (exact) mass is 402 g/mol.